The first-order valence-electron chi connectivity index (χ1n) is 6.73. The smallest absolute Gasteiger partial charge is 0.222 e. The molecule has 5 heteroatoms. The van der Waals surface area contributed by atoms with Crippen LogP contribution >= 0.6 is 0 Å². The zero-order chi connectivity index (χ0) is 13.8. The Morgan fingerprint density at radius 3 is 2.79 bits per heavy atom. The van der Waals surface area contributed by atoms with E-state index in [1.807, 2.05) is 12.1 Å². The number of carbonyl (C=O) groups is 1. The second-order valence-electron chi connectivity index (χ2n) is 4.97. The van der Waals surface area contributed by atoms with Crippen LogP contribution < -0.4 is 10.2 Å². The fourth-order valence-corrected chi connectivity index (χ4v) is 2.56. The average Bonchev–Trinajstić information content (AvgIpc) is 2.46. The van der Waals surface area contributed by atoms with E-state index in [2.05, 4.69) is 15.2 Å². The van der Waals surface area contributed by atoms with Gasteiger partial charge in [-0.3, -0.25) is 4.79 Å². The number of aliphatic hydroxyl groups is 1. The van der Waals surface area contributed by atoms with Crippen LogP contribution in [0.3, 0.4) is 0 Å². The molecule has 1 fully saturated rings. The van der Waals surface area contributed by atoms with Crippen molar-refractivity contribution in [2.75, 3.05) is 25.0 Å². The van der Waals surface area contributed by atoms with Crippen molar-refractivity contribution >= 4 is 11.7 Å². The number of amides is 1. The van der Waals surface area contributed by atoms with Crippen molar-refractivity contribution in [2.24, 2.45) is 5.92 Å². The Morgan fingerprint density at radius 2 is 2.21 bits per heavy atom. The zero-order valence-corrected chi connectivity index (χ0v) is 11.5. The van der Waals surface area contributed by atoms with Gasteiger partial charge in [0.2, 0.25) is 5.91 Å². The van der Waals surface area contributed by atoms with E-state index in [-0.39, 0.29) is 11.8 Å². The Hall–Kier alpha value is -1.62. The molecule has 1 saturated heterocycles. The maximum atomic E-state index is 11.6. The van der Waals surface area contributed by atoms with E-state index in [1.165, 1.54) is 0 Å². The first-order chi connectivity index (χ1) is 9.13. The van der Waals surface area contributed by atoms with Crippen LogP contribution in [-0.4, -0.2) is 36.1 Å². The van der Waals surface area contributed by atoms with Crippen molar-refractivity contribution in [1.29, 1.82) is 0 Å². The van der Waals surface area contributed by atoms with E-state index in [0.29, 0.717) is 0 Å². The molecular weight excluding hydrogens is 242 g/mol. The summed E-state index contributed by atoms with van der Waals surface area (Å²) in [6.45, 7) is 3.35. The van der Waals surface area contributed by atoms with Gasteiger partial charge in [0.1, 0.15) is 5.82 Å². The highest BCUT2D eigenvalue weighted by Crippen LogP contribution is 2.27. The molecule has 1 aromatic heterocycles. The van der Waals surface area contributed by atoms with Crippen molar-refractivity contribution in [1.82, 2.24) is 10.3 Å². The lowest BCUT2D eigenvalue weighted by Crippen LogP contribution is -2.40. The predicted octanol–water partition coefficient (Wildman–Crippen LogP) is 1.10. The molecular formula is C14H21N3O2. The molecule has 0 bridgehead atoms. The fraction of sp³-hybridized carbons (Fsp3) is 0.571. The van der Waals surface area contributed by atoms with Gasteiger partial charge in [-0.1, -0.05) is 6.07 Å². The molecule has 2 heterocycles. The standard InChI is InChI=1S/C14H21N3O2/c1-10(18)12-4-3-7-16-13(12)17-8-5-11(6-9-17)14(19)15-2/h3-4,7,10-11,18H,5-6,8-9H2,1-2H3,(H,15,19)/t10-/m1/s1. The Morgan fingerprint density at radius 1 is 1.53 bits per heavy atom. The predicted molar refractivity (Wildman–Crippen MR) is 73.9 cm³/mol. The monoisotopic (exact) mass is 263 g/mol. The SMILES string of the molecule is CNC(=O)C1CCN(c2ncccc2[C@@H](C)O)CC1. The van der Waals surface area contributed by atoms with Gasteiger partial charge in [0.25, 0.3) is 0 Å². The quantitative estimate of drug-likeness (QED) is 0.857. The summed E-state index contributed by atoms with van der Waals surface area (Å²) in [6.07, 6.45) is 2.87. The molecule has 19 heavy (non-hydrogen) atoms. The third kappa shape index (κ3) is 3.04. The minimum Gasteiger partial charge on any atom is -0.389 e. The lowest BCUT2D eigenvalue weighted by Gasteiger charge is -2.33. The molecule has 0 aliphatic carbocycles. The summed E-state index contributed by atoms with van der Waals surface area (Å²) in [7, 11) is 1.68. The van der Waals surface area contributed by atoms with Crippen molar-refractivity contribution in [3.05, 3.63) is 23.9 Å². The Bertz CT molecular complexity index is 440. The average molecular weight is 263 g/mol. The minimum absolute atomic E-state index is 0.0972. The third-order valence-electron chi connectivity index (χ3n) is 3.68. The number of hydrogen-bond donors (Lipinski definition) is 2. The summed E-state index contributed by atoms with van der Waals surface area (Å²) in [4.78, 5) is 18.1. The molecule has 104 valence electrons. The van der Waals surface area contributed by atoms with Crippen molar-refractivity contribution in [3.8, 4) is 0 Å². The number of nitrogens with one attached hydrogen (secondary N) is 1. The van der Waals surface area contributed by atoms with Crippen LogP contribution in [0.2, 0.25) is 0 Å². The normalized spacial score (nSPS) is 18.2. The van der Waals surface area contributed by atoms with Gasteiger partial charge in [0.15, 0.2) is 0 Å². The van der Waals surface area contributed by atoms with Gasteiger partial charge in [-0.2, -0.15) is 0 Å². The molecule has 2 N–H and O–H groups in total. The molecule has 1 amide bonds. The van der Waals surface area contributed by atoms with Crippen LogP contribution in [0.25, 0.3) is 0 Å². The highest BCUT2D eigenvalue weighted by molar-refractivity contribution is 5.78. The van der Waals surface area contributed by atoms with Crippen LogP contribution in [0.15, 0.2) is 18.3 Å². The third-order valence-corrected chi connectivity index (χ3v) is 3.68. The number of hydrogen-bond acceptors (Lipinski definition) is 4. The van der Waals surface area contributed by atoms with Crippen LogP contribution in [0.5, 0.6) is 0 Å². The van der Waals surface area contributed by atoms with Gasteiger partial charge in [0, 0.05) is 37.8 Å². The number of aliphatic hydroxyl groups excluding tert-OH is 1. The molecule has 1 aliphatic heterocycles. The Balaban J connectivity index is 2.08. The zero-order valence-electron chi connectivity index (χ0n) is 11.5. The number of carbonyl (C=O) groups excluding carboxylic acids is 1. The minimum atomic E-state index is -0.527. The van der Waals surface area contributed by atoms with Crippen LogP contribution in [0, 0.1) is 5.92 Å². The number of rotatable bonds is 3. The Kier molecular flexibility index (Phi) is 4.37. The van der Waals surface area contributed by atoms with Gasteiger partial charge in [-0.05, 0) is 25.8 Å². The summed E-state index contributed by atoms with van der Waals surface area (Å²) in [5.41, 5.74) is 0.848. The molecule has 5 nitrogen and oxygen atoms in total. The lowest BCUT2D eigenvalue weighted by atomic mass is 9.95. The second kappa shape index (κ2) is 6.02. The van der Waals surface area contributed by atoms with E-state index in [1.54, 1.807) is 20.2 Å². The van der Waals surface area contributed by atoms with E-state index in [9.17, 15) is 9.90 Å². The van der Waals surface area contributed by atoms with Crippen LogP contribution in [0.1, 0.15) is 31.4 Å². The van der Waals surface area contributed by atoms with Crippen molar-refractivity contribution in [2.45, 2.75) is 25.9 Å². The molecule has 0 unspecified atom stereocenters. The second-order valence-corrected chi connectivity index (χ2v) is 4.97. The summed E-state index contributed by atoms with van der Waals surface area (Å²) in [5, 5.41) is 12.5. The van der Waals surface area contributed by atoms with E-state index < -0.39 is 6.10 Å². The van der Waals surface area contributed by atoms with Crippen molar-refractivity contribution in [3.63, 3.8) is 0 Å². The maximum Gasteiger partial charge on any atom is 0.222 e. The number of nitrogens with zero attached hydrogens (tertiary/aromatic N) is 2. The van der Waals surface area contributed by atoms with Gasteiger partial charge in [0.05, 0.1) is 6.10 Å². The summed E-state index contributed by atoms with van der Waals surface area (Å²) >= 11 is 0. The molecule has 1 aliphatic rings. The number of anilines is 1. The van der Waals surface area contributed by atoms with Crippen LogP contribution in [0.4, 0.5) is 5.82 Å². The first-order valence-corrected chi connectivity index (χ1v) is 6.73. The van der Waals surface area contributed by atoms with E-state index in [4.69, 9.17) is 0 Å². The van der Waals surface area contributed by atoms with Gasteiger partial charge in [-0.15, -0.1) is 0 Å². The molecule has 1 atom stereocenters. The molecule has 0 aromatic carbocycles. The van der Waals surface area contributed by atoms with Crippen molar-refractivity contribution < 1.29 is 9.90 Å². The topological polar surface area (TPSA) is 65.5 Å². The van der Waals surface area contributed by atoms with Gasteiger partial charge in [-0.25, -0.2) is 4.98 Å². The summed E-state index contributed by atoms with van der Waals surface area (Å²) in [5.74, 6) is 1.06. The largest absolute Gasteiger partial charge is 0.389 e. The highest BCUT2D eigenvalue weighted by atomic mass is 16.3. The number of piperidine rings is 1. The maximum absolute atomic E-state index is 11.6. The fourth-order valence-electron chi connectivity index (χ4n) is 2.56. The number of pyridine rings is 1. The van der Waals surface area contributed by atoms with E-state index in [0.717, 1.165) is 37.3 Å². The molecule has 1 aromatic rings. The lowest BCUT2D eigenvalue weighted by molar-refractivity contribution is -0.125. The molecule has 0 saturated carbocycles. The summed E-state index contributed by atoms with van der Waals surface area (Å²) < 4.78 is 0. The molecule has 2 rings (SSSR count). The molecule has 0 radical (unpaired) electrons. The highest BCUT2D eigenvalue weighted by Gasteiger charge is 2.26. The first kappa shape index (κ1) is 13.8. The molecule has 0 spiro atoms. The van der Waals surface area contributed by atoms with Crippen LogP contribution in [-0.2, 0) is 4.79 Å². The van der Waals surface area contributed by atoms with Gasteiger partial charge < -0.3 is 15.3 Å². The van der Waals surface area contributed by atoms with E-state index >= 15 is 0 Å². The van der Waals surface area contributed by atoms with Gasteiger partial charge >= 0.3 is 0 Å². The summed E-state index contributed by atoms with van der Waals surface area (Å²) in [6, 6.07) is 3.74. The number of aromatic nitrogens is 1. The Labute approximate surface area is 113 Å².